The number of hydrogen-bond donors (Lipinski definition) is 1. The second-order valence-corrected chi connectivity index (χ2v) is 4.35. The Morgan fingerprint density at radius 2 is 2.33 bits per heavy atom. The first-order valence-corrected chi connectivity index (χ1v) is 5.61. The fourth-order valence-electron chi connectivity index (χ4n) is 1.99. The molecule has 2 rings (SSSR count). The van der Waals surface area contributed by atoms with Gasteiger partial charge in [0.15, 0.2) is 5.82 Å². The van der Waals surface area contributed by atoms with Crippen LogP contribution in [0.5, 0.6) is 0 Å². The van der Waals surface area contributed by atoms with Gasteiger partial charge in [-0.15, -0.1) is 0 Å². The van der Waals surface area contributed by atoms with Crippen molar-refractivity contribution in [2.75, 3.05) is 17.2 Å². The van der Waals surface area contributed by atoms with Crippen molar-refractivity contribution in [3.63, 3.8) is 0 Å². The highest BCUT2D eigenvalue weighted by atomic mass is 35.5. The smallest absolute Gasteiger partial charge is 0.222 e. The van der Waals surface area contributed by atoms with Gasteiger partial charge in [0.1, 0.15) is 5.02 Å². The van der Waals surface area contributed by atoms with Gasteiger partial charge >= 0.3 is 0 Å². The van der Waals surface area contributed by atoms with E-state index < -0.39 is 0 Å². The third-order valence-electron chi connectivity index (χ3n) is 2.82. The molecule has 1 aromatic rings. The second-order valence-electron chi connectivity index (χ2n) is 3.94. The van der Waals surface area contributed by atoms with E-state index in [1.807, 2.05) is 0 Å². The molecule has 2 heterocycles. The van der Waals surface area contributed by atoms with E-state index in [1.54, 1.807) is 6.20 Å². The van der Waals surface area contributed by atoms with Crippen LogP contribution in [0.2, 0.25) is 5.02 Å². The Balaban J connectivity index is 2.30. The summed E-state index contributed by atoms with van der Waals surface area (Å²) < 4.78 is 0. The van der Waals surface area contributed by atoms with Crippen LogP contribution >= 0.6 is 11.6 Å². The van der Waals surface area contributed by atoms with Crippen LogP contribution in [0.1, 0.15) is 26.2 Å². The summed E-state index contributed by atoms with van der Waals surface area (Å²) in [7, 11) is 0. The zero-order valence-corrected chi connectivity index (χ0v) is 9.54. The number of rotatable bonds is 1. The fourth-order valence-corrected chi connectivity index (χ4v) is 2.19. The normalized spacial score (nSPS) is 21.7. The van der Waals surface area contributed by atoms with E-state index in [0.29, 0.717) is 11.1 Å². The second kappa shape index (κ2) is 4.23. The number of nitrogens with zero attached hydrogens (tertiary/aromatic N) is 3. The zero-order valence-electron chi connectivity index (χ0n) is 8.78. The maximum atomic E-state index is 6.07. The first-order chi connectivity index (χ1) is 7.18. The minimum atomic E-state index is 0.284. The van der Waals surface area contributed by atoms with Gasteiger partial charge in [-0.2, -0.15) is 4.98 Å². The Kier molecular flexibility index (Phi) is 2.95. The maximum absolute atomic E-state index is 6.07. The molecule has 0 radical (unpaired) electrons. The van der Waals surface area contributed by atoms with E-state index >= 15 is 0 Å². The summed E-state index contributed by atoms with van der Waals surface area (Å²) in [5, 5.41) is 0.581. The summed E-state index contributed by atoms with van der Waals surface area (Å²) in [6.45, 7) is 3.19. The van der Waals surface area contributed by atoms with Crippen LogP contribution in [-0.4, -0.2) is 22.6 Å². The monoisotopic (exact) mass is 226 g/mol. The van der Waals surface area contributed by atoms with Gasteiger partial charge in [-0.05, 0) is 26.2 Å². The molecule has 1 saturated heterocycles. The molecule has 0 aliphatic carbocycles. The Hall–Kier alpha value is -1.03. The number of nitrogens with two attached hydrogens (primary N) is 1. The summed E-state index contributed by atoms with van der Waals surface area (Å²) in [4.78, 5) is 10.3. The van der Waals surface area contributed by atoms with Gasteiger partial charge in [-0.1, -0.05) is 11.6 Å². The summed E-state index contributed by atoms with van der Waals surface area (Å²) in [6, 6.07) is 0.477. The van der Waals surface area contributed by atoms with Crippen LogP contribution < -0.4 is 10.6 Å². The number of piperidine rings is 1. The van der Waals surface area contributed by atoms with Crippen molar-refractivity contribution >= 4 is 23.4 Å². The average molecular weight is 227 g/mol. The standard InChI is InChI=1S/C10H15ClN4/c1-7-4-2-3-5-15(7)9-8(11)6-13-10(12)14-9/h6-7H,2-5H2,1H3,(H2,12,13,14). The summed E-state index contributed by atoms with van der Waals surface area (Å²) in [5.74, 6) is 1.06. The minimum Gasteiger partial charge on any atom is -0.368 e. The van der Waals surface area contributed by atoms with Crippen molar-refractivity contribution in [3.05, 3.63) is 11.2 Å². The van der Waals surface area contributed by atoms with Crippen LogP contribution in [-0.2, 0) is 0 Å². The third-order valence-corrected chi connectivity index (χ3v) is 3.09. The molecule has 2 N–H and O–H groups in total. The van der Waals surface area contributed by atoms with Crippen LogP contribution in [0.15, 0.2) is 6.20 Å². The van der Waals surface area contributed by atoms with Crippen molar-refractivity contribution in [1.82, 2.24) is 9.97 Å². The van der Waals surface area contributed by atoms with E-state index in [4.69, 9.17) is 17.3 Å². The number of hydrogen-bond acceptors (Lipinski definition) is 4. The van der Waals surface area contributed by atoms with Gasteiger partial charge in [0.25, 0.3) is 0 Å². The molecule has 5 heteroatoms. The third kappa shape index (κ3) is 2.15. The number of aromatic nitrogens is 2. The van der Waals surface area contributed by atoms with Crippen molar-refractivity contribution in [1.29, 1.82) is 0 Å². The predicted octanol–water partition coefficient (Wildman–Crippen LogP) is 2.09. The molecule has 1 fully saturated rings. The Labute approximate surface area is 94.5 Å². The van der Waals surface area contributed by atoms with Crippen molar-refractivity contribution in [2.45, 2.75) is 32.2 Å². The molecule has 1 aliphatic rings. The summed E-state index contributed by atoms with van der Waals surface area (Å²) in [6.07, 6.45) is 5.21. The largest absolute Gasteiger partial charge is 0.368 e. The van der Waals surface area contributed by atoms with Crippen LogP contribution in [0.3, 0.4) is 0 Å². The molecular formula is C10H15ClN4. The molecule has 1 aliphatic heterocycles. The van der Waals surface area contributed by atoms with Crippen LogP contribution in [0, 0.1) is 0 Å². The lowest BCUT2D eigenvalue weighted by molar-refractivity contribution is 0.481. The van der Waals surface area contributed by atoms with Crippen molar-refractivity contribution < 1.29 is 0 Å². The Morgan fingerprint density at radius 1 is 1.53 bits per heavy atom. The van der Waals surface area contributed by atoms with Gasteiger partial charge < -0.3 is 10.6 Å². The fraction of sp³-hybridized carbons (Fsp3) is 0.600. The van der Waals surface area contributed by atoms with E-state index in [9.17, 15) is 0 Å². The first-order valence-electron chi connectivity index (χ1n) is 5.23. The van der Waals surface area contributed by atoms with Gasteiger partial charge in [-0.3, -0.25) is 0 Å². The molecule has 0 bridgehead atoms. The summed E-state index contributed by atoms with van der Waals surface area (Å²) >= 11 is 6.07. The lowest BCUT2D eigenvalue weighted by Crippen LogP contribution is -2.38. The number of halogens is 1. The van der Waals surface area contributed by atoms with Crippen LogP contribution in [0.25, 0.3) is 0 Å². The van der Waals surface area contributed by atoms with Gasteiger partial charge in [0.2, 0.25) is 5.95 Å². The topological polar surface area (TPSA) is 55.0 Å². The highest BCUT2D eigenvalue weighted by molar-refractivity contribution is 6.32. The Bertz CT molecular complexity index is 355. The first kappa shape index (κ1) is 10.5. The lowest BCUT2D eigenvalue weighted by atomic mass is 10.0. The molecule has 0 saturated carbocycles. The zero-order chi connectivity index (χ0) is 10.8. The summed E-state index contributed by atoms with van der Waals surface area (Å²) in [5.41, 5.74) is 5.57. The SMILES string of the molecule is CC1CCCCN1c1nc(N)ncc1Cl. The Morgan fingerprint density at radius 3 is 3.07 bits per heavy atom. The molecule has 0 aromatic carbocycles. The average Bonchev–Trinajstić information content (AvgIpc) is 2.23. The van der Waals surface area contributed by atoms with Gasteiger partial charge in [0, 0.05) is 12.6 Å². The lowest BCUT2D eigenvalue weighted by Gasteiger charge is -2.34. The minimum absolute atomic E-state index is 0.284. The van der Waals surface area contributed by atoms with E-state index in [1.165, 1.54) is 19.3 Å². The number of anilines is 2. The number of nitrogen functional groups attached to an aromatic ring is 1. The molecule has 0 amide bonds. The van der Waals surface area contributed by atoms with Crippen molar-refractivity contribution in [3.8, 4) is 0 Å². The van der Waals surface area contributed by atoms with Crippen LogP contribution in [0.4, 0.5) is 11.8 Å². The molecule has 15 heavy (non-hydrogen) atoms. The highest BCUT2D eigenvalue weighted by Gasteiger charge is 2.21. The predicted molar refractivity (Wildman–Crippen MR) is 62.1 cm³/mol. The molecule has 1 atom stereocenters. The molecule has 82 valence electrons. The highest BCUT2D eigenvalue weighted by Crippen LogP contribution is 2.28. The van der Waals surface area contributed by atoms with E-state index in [0.717, 1.165) is 12.4 Å². The van der Waals surface area contributed by atoms with E-state index in [2.05, 4.69) is 21.8 Å². The van der Waals surface area contributed by atoms with Gasteiger partial charge in [0.05, 0.1) is 6.20 Å². The van der Waals surface area contributed by atoms with Crippen molar-refractivity contribution in [2.24, 2.45) is 0 Å². The molecule has 1 unspecified atom stereocenters. The quantitative estimate of drug-likeness (QED) is 0.797. The molecule has 1 aromatic heterocycles. The van der Waals surface area contributed by atoms with E-state index in [-0.39, 0.29) is 5.95 Å². The maximum Gasteiger partial charge on any atom is 0.222 e. The molecule has 4 nitrogen and oxygen atoms in total. The molecule has 0 spiro atoms. The van der Waals surface area contributed by atoms with Gasteiger partial charge in [-0.25, -0.2) is 4.98 Å². The molecular weight excluding hydrogens is 212 g/mol.